The van der Waals surface area contributed by atoms with Crippen LogP contribution in [-0.2, 0) is 31.6 Å². The molecule has 164 valence electrons. The number of rotatable bonds is 5. The van der Waals surface area contributed by atoms with Gasteiger partial charge in [-0.2, -0.15) is 4.98 Å². The van der Waals surface area contributed by atoms with E-state index < -0.39 is 0 Å². The van der Waals surface area contributed by atoms with Gasteiger partial charge in [0.05, 0.1) is 25.1 Å². The standard InChI is InChI=1S/C21H31N4O4S/c1-24(14-3-6-28-7-4-14)19-18-17(5-8-30(18)2)22-21(23-19)25-11-16(12-25)29-20(27)13-9-15(26)10-13/h13-16,26H,3-12H2,1-2H3/q+1. The molecule has 1 saturated carbocycles. The normalized spacial score (nSPS) is 29.2. The van der Waals surface area contributed by atoms with Gasteiger partial charge in [-0.05, 0) is 25.7 Å². The van der Waals surface area contributed by atoms with Crippen LogP contribution >= 0.6 is 0 Å². The molecule has 8 nitrogen and oxygen atoms in total. The first-order valence-corrected chi connectivity index (χ1v) is 12.8. The highest BCUT2D eigenvalue weighted by Crippen LogP contribution is 2.37. The largest absolute Gasteiger partial charge is 0.458 e. The van der Waals surface area contributed by atoms with Crippen LogP contribution in [0.15, 0.2) is 4.90 Å². The molecule has 1 aliphatic carbocycles. The van der Waals surface area contributed by atoms with E-state index in [1.807, 2.05) is 0 Å². The minimum absolute atomic E-state index is 0.107. The molecule has 1 atom stereocenters. The predicted octanol–water partition coefficient (Wildman–Crippen LogP) is 0.758. The van der Waals surface area contributed by atoms with Crippen molar-refractivity contribution in [2.24, 2.45) is 5.92 Å². The van der Waals surface area contributed by atoms with Crippen LogP contribution in [-0.4, -0.2) is 84.7 Å². The van der Waals surface area contributed by atoms with Crippen molar-refractivity contribution < 1.29 is 19.4 Å². The Hall–Kier alpha value is -1.58. The fourth-order valence-corrected chi connectivity index (χ4v) is 6.45. The molecular formula is C21H31N4O4S+. The van der Waals surface area contributed by atoms with Crippen molar-refractivity contribution in [2.45, 2.75) is 55.2 Å². The Morgan fingerprint density at radius 1 is 1.27 bits per heavy atom. The molecule has 0 amide bonds. The molecule has 9 heteroatoms. The molecular weight excluding hydrogens is 404 g/mol. The second-order valence-electron chi connectivity index (χ2n) is 8.95. The zero-order valence-electron chi connectivity index (χ0n) is 17.7. The average molecular weight is 436 g/mol. The Kier molecular flexibility index (Phi) is 5.53. The number of aliphatic hydroxyl groups is 1. The average Bonchev–Trinajstić information content (AvgIpc) is 3.08. The number of ether oxygens (including phenoxy) is 2. The van der Waals surface area contributed by atoms with Crippen molar-refractivity contribution in [1.29, 1.82) is 0 Å². The number of fused-ring (bicyclic) bond motifs is 1. The molecule has 0 bridgehead atoms. The topological polar surface area (TPSA) is 88.0 Å². The number of hydrogen-bond acceptors (Lipinski definition) is 8. The Balaban J connectivity index is 1.29. The molecule has 0 radical (unpaired) electrons. The number of carbonyl (C=O) groups excluding carboxylic acids is 1. The highest BCUT2D eigenvalue weighted by atomic mass is 32.2. The summed E-state index contributed by atoms with van der Waals surface area (Å²) >= 11 is 0. The molecule has 1 unspecified atom stereocenters. The molecule has 30 heavy (non-hydrogen) atoms. The molecule has 2 saturated heterocycles. The fourth-order valence-electron chi connectivity index (χ4n) is 4.69. The number of aromatic nitrogens is 2. The van der Waals surface area contributed by atoms with Gasteiger partial charge in [0.15, 0.2) is 5.82 Å². The van der Waals surface area contributed by atoms with Crippen molar-refractivity contribution in [2.75, 3.05) is 55.2 Å². The molecule has 1 N–H and O–H groups in total. The van der Waals surface area contributed by atoms with Gasteiger partial charge in [-0.25, -0.2) is 4.98 Å². The maximum Gasteiger partial charge on any atom is 0.309 e. The lowest BCUT2D eigenvalue weighted by Crippen LogP contribution is -2.55. The Morgan fingerprint density at radius 3 is 2.70 bits per heavy atom. The van der Waals surface area contributed by atoms with Crippen molar-refractivity contribution in [3.8, 4) is 0 Å². The van der Waals surface area contributed by atoms with Crippen LogP contribution < -0.4 is 9.80 Å². The highest BCUT2D eigenvalue weighted by Gasteiger charge is 2.41. The first-order chi connectivity index (χ1) is 14.5. The van der Waals surface area contributed by atoms with E-state index in [0.717, 1.165) is 50.0 Å². The first-order valence-electron chi connectivity index (χ1n) is 11.0. The second kappa shape index (κ2) is 8.16. The molecule has 0 spiro atoms. The van der Waals surface area contributed by atoms with Gasteiger partial charge in [0.2, 0.25) is 10.8 Å². The summed E-state index contributed by atoms with van der Waals surface area (Å²) in [6.45, 7) is 2.89. The van der Waals surface area contributed by atoms with Gasteiger partial charge in [0, 0.05) is 43.6 Å². The molecule has 4 heterocycles. The highest BCUT2D eigenvalue weighted by molar-refractivity contribution is 7.96. The van der Waals surface area contributed by atoms with Crippen LogP contribution in [0.4, 0.5) is 11.8 Å². The number of aryl methyl sites for hydroxylation is 1. The summed E-state index contributed by atoms with van der Waals surface area (Å²) in [6.07, 6.45) is 5.98. The van der Waals surface area contributed by atoms with Gasteiger partial charge < -0.3 is 24.4 Å². The number of nitrogens with zero attached hydrogens (tertiary/aromatic N) is 4. The van der Waals surface area contributed by atoms with Gasteiger partial charge in [-0.15, -0.1) is 0 Å². The first kappa shape index (κ1) is 20.3. The number of esters is 1. The maximum atomic E-state index is 12.1. The third kappa shape index (κ3) is 3.76. The van der Waals surface area contributed by atoms with E-state index in [9.17, 15) is 9.90 Å². The van der Waals surface area contributed by atoms with Crippen LogP contribution in [0.25, 0.3) is 0 Å². The van der Waals surface area contributed by atoms with E-state index in [1.54, 1.807) is 0 Å². The van der Waals surface area contributed by atoms with Crippen molar-refractivity contribution in [3.05, 3.63) is 5.69 Å². The van der Waals surface area contributed by atoms with Crippen molar-refractivity contribution >= 4 is 28.6 Å². The number of carbonyl (C=O) groups is 1. The van der Waals surface area contributed by atoms with Crippen molar-refractivity contribution in [3.63, 3.8) is 0 Å². The SMILES string of the molecule is CN(c1nc(N2CC(OC(=O)C3CC(O)C3)C2)nc2c1[S+](C)CC2)C1CCOCC1. The summed E-state index contributed by atoms with van der Waals surface area (Å²) in [4.78, 5) is 27.8. The Morgan fingerprint density at radius 2 is 2.00 bits per heavy atom. The van der Waals surface area contributed by atoms with Crippen LogP contribution in [0.5, 0.6) is 0 Å². The molecule has 1 aromatic heterocycles. The third-order valence-corrected chi connectivity index (χ3v) is 8.76. The second-order valence-corrected chi connectivity index (χ2v) is 11.0. The van der Waals surface area contributed by atoms with E-state index in [0.29, 0.717) is 32.0 Å². The molecule has 4 aliphatic rings. The fraction of sp³-hybridized carbons (Fsp3) is 0.762. The van der Waals surface area contributed by atoms with Crippen LogP contribution in [0.1, 0.15) is 31.4 Å². The lowest BCUT2D eigenvalue weighted by Gasteiger charge is -2.40. The minimum atomic E-state index is -0.338. The van der Waals surface area contributed by atoms with Gasteiger partial charge in [0.25, 0.3) is 0 Å². The zero-order valence-corrected chi connectivity index (χ0v) is 18.6. The summed E-state index contributed by atoms with van der Waals surface area (Å²) in [6, 6.07) is 0.450. The number of anilines is 2. The monoisotopic (exact) mass is 435 g/mol. The van der Waals surface area contributed by atoms with Gasteiger partial charge >= 0.3 is 5.97 Å². The van der Waals surface area contributed by atoms with Crippen LogP contribution in [0.2, 0.25) is 0 Å². The third-order valence-electron chi connectivity index (χ3n) is 6.83. The van der Waals surface area contributed by atoms with E-state index in [2.05, 4.69) is 23.1 Å². The summed E-state index contributed by atoms with van der Waals surface area (Å²) < 4.78 is 11.1. The lowest BCUT2D eigenvalue weighted by atomic mass is 9.82. The quantitative estimate of drug-likeness (QED) is 0.536. The summed E-state index contributed by atoms with van der Waals surface area (Å²) in [5.41, 5.74) is 1.18. The number of aliphatic hydroxyl groups excluding tert-OH is 1. The van der Waals surface area contributed by atoms with Crippen LogP contribution in [0, 0.1) is 5.92 Å². The van der Waals surface area contributed by atoms with E-state index in [1.165, 1.54) is 10.6 Å². The minimum Gasteiger partial charge on any atom is -0.458 e. The van der Waals surface area contributed by atoms with Crippen LogP contribution in [0.3, 0.4) is 0 Å². The smallest absolute Gasteiger partial charge is 0.309 e. The zero-order chi connectivity index (χ0) is 20.8. The van der Waals surface area contributed by atoms with E-state index in [-0.39, 0.29) is 35.0 Å². The summed E-state index contributed by atoms with van der Waals surface area (Å²) in [7, 11) is 2.34. The van der Waals surface area contributed by atoms with Gasteiger partial charge in [-0.1, -0.05) is 0 Å². The summed E-state index contributed by atoms with van der Waals surface area (Å²) in [5, 5.41) is 9.38. The molecule has 1 aromatic rings. The molecule has 0 aromatic carbocycles. The van der Waals surface area contributed by atoms with Gasteiger partial charge in [0.1, 0.15) is 23.8 Å². The Labute approximate surface area is 180 Å². The predicted molar refractivity (Wildman–Crippen MR) is 115 cm³/mol. The molecule has 3 aliphatic heterocycles. The molecule has 3 fully saturated rings. The summed E-state index contributed by atoms with van der Waals surface area (Å²) in [5.74, 6) is 2.68. The molecule has 5 rings (SSSR count). The maximum absolute atomic E-state index is 12.1. The van der Waals surface area contributed by atoms with Crippen molar-refractivity contribution in [1.82, 2.24) is 9.97 Å². The number of hydrogen-bond donors (Lipinski definition) is 1. The van der Waals surface area contributed by atoms with E-state index in [4.69, 9.17) is 19.4 Å². The van der Waals surface area contributed by atoms with E-state index >= 15 is 0 Å². The lowest BCUT2D eigenvalue weighted by molar-refractivity contribution is -0.162. The van der Waals surface area contributed by atoms with Gasteiger partial charge in [-0.3, -0.25) is 4.79 Å². The Bertz CT molecular complexity index is 806.